The van der Waals surface area contributed by atoms with Crippen LogP contribution in [0.25, 0.3) is 0 Å². The first-order valence-corrected chi connectivity index (χ1v) is 9.08. The first-order chi connectivity index (χ1) is 17.0. The Bertz CT molecular complexity index is 813. The summed E-state index contributed by atoms with van der Waals surface area (Å²) in [7, 11) is 0. The van der Waals surface area contributed by atoms with Crippen molar-refractivity contribution in [2.45, 2.75) is 49.9 Å². The molecule has 21 heteroatoms. The molecule has 0 heterocycles. The van der Waals surface area contributed by atoms with Gasteiger partial charge in [-0.05, 0) is 0 Å². The lowest BCUT2D eigenvalue weighted by Gasteiger charge is -2.18. The number of carboxylic acids is 9. The molecule has 0 saturated heterocycles. The van der Waals surface area contributed by atoms with Crippen LogP contribution in [0.4, 0.5) is 0 Å². The van der Waals surface area contributed by atoms with E-state index in [2.05, 4.69) is 0 Å². The van der Waals surface area contributed by atoms with Crippen LogP contribution in [0.1, 0.15) is 32.1 Å². The first kappa shape index (κ1) is 40.3. The summed E-state index contributed by atoms with van der Waals surface area (Å²) < 4.78 is 0. The van der Waals surface area contributed by atoms with E-state index in [4.69, 9.17) is 61.3 Å². The molecule has 218 valence electrons. The maximum atomic E-state index is 10.3. The molecule has 0 fully saturated rings. The first-order valence-electron chi connectivity index (χ1n) is 9.08. The van der Waals surface area contributed by atoms with Crippen LogP contribution in [-0.4, -0.2) is 133 Å². The molecule has 38 heavy (non-hydrogen) atoms. The summed E-state index contributed by atoms with van der Waals surface area (Å²) in [5.41, 5.74) is -2.74. The van der Waals surface area contributed by atoms with Gasteiger partial charge in [0.05, 0.1) is 25.7 Å². The van der Waals surface area contributed by atoms with Gasteiger partial charge in [-0.25, -0.2) is 14.4 Å². The summed E-state index contributed by atoms with van der Waals surface area (Å²) in [4.78, 5) is 88.2. The molecule has 0 aliphatic carbocycles. The molecule has 0 radical (unpaired) electrons. The zero-order valence-electron chi connectivity index (χ0n) is 18.7. The fourth-order valence-electron chi connectivity index (χ4n) is 1.33. The highest BCUT2D eigenvalue weighted by molar-refractivity contribution is 5.89. The van der Waals surface area contributed by atoms with Gasteiger partial charge in [0, 0.05) is 0 Å². The zero-order chi connectivity index (χ0) is 31.4. The fraction of sp³-hybridized carbons (Fsp3) is 0.471. The molecule has 12 N–H and O–H groups in total. The van der Waals surface area contributed by atoms with Crippen LogP contribution in [0.5, 0.6) is 0 Å². The van der Waals surface area contributed by atoms with Gasteiger partial charge in [-0.3, -0.25) is 28.8 Å². The summed E-state index contributed by atoms with van der Waals surface area (Å²) >= 11 is 0. The smallest absolute Gasteiger partial charge is 0.336 e. The van der Waals surface area contributed by atoms with E-state index in [-0.39, 0.29) is 12.8 Å². The van der Waals surface area contributed by atoms with E-state index in [0.717, 1.165) is 0 Å². The van der Waals surface area contributed by atoms with E-state index < -0.39 is 90.8 Å². The van der Waals surface area contributed by atoms with E-state index in [0.29, 0.717) is 0 Å². The van der Waals surface area contributed by atoms with Crippen LogP contribution < -0.4 is 0 Å². The minimum Gasteiger partial charge on any atom is -0.481 e. The third kappa shape index (κ3) is 27.4. The number of aliphatic hydroxyl groups excluding tert-OH is 2. The Morgan fingerprint density at radius 3 is 0.842 bits per heavy atom. The predicted octanol–water partition coefficient (Wildman–Crippen LogP) is -3.89. The fourth-order valence-corrected chi connectivity index (χ4v) is 1.33. The van der Waals surface area contributed by atoms with Crippen molar-refractivity contribution in [2.24, 2.45) is 0 Å². The van der Waals surface area contributed by atoms with Gasteiger partial charge in [0.25, 0.3) is 0 Å². The minimum absolute atomic E-state index is 0.296. The lowest BCUT2D eigenvalue weighted by Crippen LogP contribution is -2.42. The van der Waals surface area contributed by atoms with Crippen LogP contribution in [-0.2, 0) is 43.2 Å². The normalized spacial score (nSPS) is 11.1. The summed E-state index contributed by atoms with van der Waals surface area (Å²) in [5, 5.41) is 97.5. The van der Waals surface area contributed by atoms with E-state index in [9.17, 15) is 43.2 Å². The average Bonchev–Trinajstić information content (AvgIpc) is 2.70. The number of hydrogen-bond donors (Lipinski definition) is 12. The molecule has 0 amide bonds. The maximum Gasteiger partial charge on any atom is 0.336 e. The van der Waals surface area contributed by atoms with Gasteiger partial charge >= 0.3 is 53.7 Å². The van der Waals surface area contributed by atoms with Crippen molar-refractivity contribution in [1.29, 1.82) is 0 Å². The van der Waals surface area contributed by atoms with Crippen LogP contribution in [0.3, 0.4) is 0 Å². The van der Waals surface area contributed by atoms with Crippen molar-refractivity contribution in [3.63, 3.8) is 0 Å². The highest BCUT2D eigenvalue weighted by atomic mass is 16.4. The quantitative estimate of drug-likeness (QED) is 0.0950. The Morgan fingerprint density at radius 2 is 0.737 bits per heavy atom. The van der Waals surface area contributed by atoms with Gasteiger partial charge < -0.3 is 61.3 Å². The third-order valence-electron chi connectivity index (χ3n) is 2.95. The molecule has 0 aromatic rings. The zero-order valence-corrected chi connectivity index (χ0v) is 18.7. The number of hydrogen-bond acceptors (Lipinski definition) is 12. The molecule has 0 rings (SSSR count). The lowest BCUT2D eigenvalue weighted by atomic mass is 9.96. The van der Waals surface area contributed by atoms with E-state index in [1.165, 1.54) is 0 Å². The van der Waals surface area contributed by atoms with Crippen LogP contribution in [0.2, 0.25) is 0 Å². The molecule has 0 aromatic heterocycles. The topological polar surface area (TPSA) is 396 Å². The highest BCUT2D eigenvalue weighted by Crippen LogP contribution is 2.15. The average molecular weight is 564 g/mol. The molecule has 0 aliphatic rings. The molecule has 21 nitrogen and oxygen atoms in total. The third-order valence-corrected chi connectivity index (χ3v) is 2.95. The summed E-state index contributed by atoms with van der Waals surface area (Å²) in [6, 6.07) is 0. The Balaban J connectivity index is -0.000000209. The molecule has 0 bridgehead atoms. The summed E-state index contributed by atoms with van der Waals surface area (Å²) in [6.07, 6.45) is -8.22. The molecular weight excluding hydrogens is 540 g/mol. The molecule has 0 aliphatic heterocycles. The molecule has 2 unspecified atom stereocenters. The highest BCUT2D eigenvalue weighted by Gasteiger charge is 2.40. The van der Waals surface area contributed by atoms with Crippen molar-refractivity contribution in [3.8, 4) is 0 Å². The van der Waals surface area contributed by atoms with Crippen molar-refractivity contribution in [2.75, 3.05) is 0 Å². The number of rotatable bonds is 13. The van der Waals surface area contributed by atoms with Crippen molar-refractivity contribution in [3.05, 3.63) is 0 Å². The number of carbonyl (C=O) groups is 9. The Labute approximate surface area is 209 Å². The van der Waals surface area contributed by atoms with Gasteiger partial charge in [0.1, 0.15) is 6.42 Å². The second-order valence-electron chi connectivity index (χ2n) is 6.30. The summed E-state index contributed by atoms with van der Waals surface area (Å²) in [6.45, 7) is 0. The van der Waals surface area contributed by atoms with Gasteiger partial charge in [-0.15, -0.1) is 0 Å². The second kappa shape index (κ2) is 20.3. The molecule has 0 saturated carbocycles. The maximum absolute atomic E-state index is 10.3. The Morgan fingerprint density at radius 1 is 0.474 bits per heavy atom. The summed E-state index contributed by atoms with van der Waals surface area (Å²) in [5.74, 6) is -13.3. The monoisotopic (exact) mass is 564 g/mol. The van der Waals surface area contributed by atoms with Crippen molar-refractivity contribution >= 4 is 53.7 Å². The standard InChI is InChI=1S/C6H8O7.C4H6O6.C4H6O4.C3H4O4/c7-3(8)1-6(13,5(11)12)2-4(9)10;5-1(3(7)8)2(6)4(9)10;5-3(6)1-2-4(7)8;4-2(5)1-3(6)7/h13H,1-2H2,(H,7,8)(H,9,10)(H,11,12);1-2,5-6H,(H,7,8)(H,9,10);1-2H2,(H,5,6)(H,7,8);1H2,(H,4,5)(H,6,7). The van der Waals surface area contributed by atoms with E-state index >= 15 is 0 Å². The van der Waals surface area contributed by atoms with Gasteiger partial charge in [-0.2, -0.15) is 0 Å². The predicted molar refractivity (Wildman–Crippen MR) is 109 cm³/mol. The van der Waals surface area contributed by atoms with Crippen LogP contribution in [0.15, 0.2) is 0 Å². The van der Waals surface area contributed by atoms with Crippen molar-refractivity contribution in [1.82, 2.24) is 0 Å². The van der Waals surface area contributed by atoms with E-state index in [1.807, 2.05) is 0 Å². The number of aliphatic carboxylic acids is 9. The van der Waals surface area contributed by atoms with Gasteiger partial charge in [0.15, 0.2) is 17.8 Å². The number of carboxylic acid groups (broad SMARTS) is 9. The molecule has 0 aromatic carbocycles. The van der Waals surface area contributed by atoms with Crippen LogP contribution >= 0.6 is 0 Å². The lowest BCUT2D eigenvalue weighted by molar-refractivity contribution is -0.170. The van der Waals surface area contributed by atoms with Crippen molar-refractivity contribution < 1.29 is 104 Å². The molecule has 2 atom stereocenters. The largest absolute Gasteiger partial charge is 0.481 e. The molecule has 0 spiro atoms. The minimum atomic E-state index is -2.74. The number of aliphatic hydroxyl groups is 3. The Hall–Kier alpha value is -4.89. The molecular formula is C17H24O21. The van der Waals surface area contributed by atoms with Gasteiger partial charge in [0.2, 0.25) is 0 Å². The second-order valence-corrected chi connectivity index (χ2v) is 6.30. The SMILES string of the molecule is O=C(O)C(O)C(O)C(=O)O.O=C(O)CC(=O)O.O=C(O)CC(O)(CC(=O)O)C(=O)O.O=C(O)CCC(=O)O. The van der Waals surface area contributed by atoms with E-state index in [1.54, 1.807) is 0 Å². The Kier molecular flexibility index (Phi) is 21.5. The van der Waals surface area contributed by atoms with Gasteiger partial charge in [-0.1, -0.05) is 0 Å². The van der Waals surface area contributed by atoms with Crippen LogP contribution in [0, 0.1) is 0 Å².